The number of ether oxygens (including phenoxy) is 4. The number of benzene rings is 1. The second kappa shape index (κ2) is 14.0. The highest BCUT2D eigenvalue weighted by Crippen LogP contribution is 2.70. The second-order valence-corrected chi connectivity index (χ2v) is 18.6. The van der Waals surface area contributed by atoms with Gasteiger partial charge in [0.2, 0.25) is 5.60 Å². The van der Waals surface area contributed by atoms with Crippen LogP contribution in [0.15, 0.2) is 59.8 Å². The van der Waals surface area contributed by atoms with Gasteiger partial charge in [-0.05, 0) is 74.3 Å². The lowest BCUT2D eigenvalue weighted by Gasteiger charge is -2.63. The first-order valence-electron chi connectivity index (χ1n) is 21.5. The maximum atomic E-state index is 15.4. The molecule has 9 rings (SSSR count). The van der Waals surface area contributed by atoms with Gasteiger partial charge in [0, 0.05) is 92.3 Å². The van der Waals surface area contributed by atoms with E-state index in [0.717, 1.165) is 46.5 Å². The number of carbonyl (C=O) groups excluding carboxylic acids is 3. The number of piperidine rings is 1. The van der Waals surface area contributed by atoms with Crippen LogP contribution < -0.4 is 0 Å². The Bertz CT molecular complexity index is 2160. The quantitative estimate of drug-likeness (QED) is 0.213. The number of para-hydroxylation sites is 1. The summed E-state index contributed by atoms with van der Waals surface area (Å²) in [5.41, 5.74) is -1.81. The molecule has 0 amide bonds. The molecule has 2 aliphatic carbocycles. The molecule has 3 N–H and O–H groups in total. The number of hydrogen-bond acceptors (Lipinski definition) is 12. The Labute approximate surface area is 346 Å². The van der Waals surface area contributed by atoms with E-state index in [0.29, 0.717) is 58.2 Å². The number of carbonyl (C=O) groups is 3. The molecule has 0 radical (unpaired) electrons. The van der Waals surface area contributed by atoms with Gasteiger partial charge in [0.05, 0.1) is 32.0 Å². The first-order chi connectivity index (χ1) is 28.2. The van der Waals surface area contributed by atoms with Crippen molar-refractivity contribution in [2.75, 3.05) is 61.1 Å². The SMILES string of the molecule is CC[C@]1(O)C[C@@H]2CN(CCc3c([nH]c4ccccc34)[C@@](C(=O)OC)(C3C=C4C(=CC3OC)N(C)C3[C@]45CCN4CC=C[C@@](CC)([C@@H](OC(C)=O)[C@]3(O)C(=O)OC)[C@H]45)C2)C1. The van der Waals surface area contributed by atoms with Crippen molar-refractivity contribution in [2.45, 2.75) is 100 Å². The number of methoxy groups -OCH3 is 3. The number of allylic oxidation sites excluding steroid dienone is 1. The van der Waals surface area contributed by atoms with Gasteiger partial charge in [-0.15, -0.1) is 0 Å². The van der Waals surface area contributed by atoms with Crippen LogP contribution in [0, 0.1) is 22.7 Å². The van der Waals surface area contributed by atoms with Gasteiger partial charge in [-0.25, -0.2) is 4.79 Å². The predicted octanol–water partition coefficient (Wildman–Crippen LogP) is 3.63. The van der Waals surface area contributed by atoms with Gasteiger partial charge < -0.3 is 39.0 Å². The van der Waals surface area contributed by atoms with Crippen LogP contribution >= 0.6 is 0 Å². The van der Waals surface area contributed by atoms with Crippen LogP contribution in [0.1, 0.15) is 64.1 Å². The van der Waals surface area contributed by atoms with Crippen LogP contribution in [0.5, 0.6) is 0 Å². The average Bonchev–Trinajstić information content (AvgIpc) is 3.90. The van der Waals surface area contributed by atoms with Gasteiger partial charge in [0.15, 0.2) is 6.10 Å². The maximum absolute atomic E-state index is 15.4. The summed E-state index contributed by atoms with van der Waals surface area (Å²) in [4.78, 5) is 53.3. The molecule has 318 valence electrons. The van der Waals surface area contributed by atoms with Crippen molar-refractivity contribution < 1.29 is 43.5 Å². The lowest BCUT2D eigenvalue weighted by Crippen LogP contribution is -2.79. The fourth-order valence-electron chi connectivity index (χ4n) is 13.9. The molecule has 1 aromatic carbocycles. The molecule has 6 heterocycles. The molecule has 4 unspecified atom stereocenters. The van der Waals surface area contributed by atoms with Gasteiger partial charge in [-0.1, -0.05) is 50.3 Å². The topological polar surface area (TPSA) is 154 Å². The lowest BCUT2D eigenvalue weighted by molar-refractivity contribution is -0.243. The smallest absolute Gasteiger partial charge is 0.344 e. The summed E-state index contributed by atoms with van der Waals surface area (Å²) >= 11 is 0. The molecule has 1 spiro atoms. The molecule has 12 atom stereocenters. The molecule has 1 saturated carbocycles. The van der Waals surface area contributed by atoms with Gasteiger partial charge in [-0.2, -0.15) is 0 Å². The summed E-state index contributed by atoms with van der Waals surface area (Å²) in [6.07, 6.45) is 9.77. The fraction of sp³-hybridized carbons (Fsp3) is 0.630. The number of aromatic amines is 1. The largest absolute Gasteiger partial charge is 0.468 e. The second-order valence-electron chi connectivity index (χ2n) is 18.6. The van der Waals surface area contributed by atoms with Crippen LogP contribution in [-0.4, -0.2) is 144 Å². The highest BCUT2D eigenvalue weighted by atomic mass is 16.6. The zero-order chi connectivity index (χ0) is 41.9. The van der Waals surface area contributed by atoms with Crippen molar-refractivity contribution in [1.29, 1.82) is 0 Å². The summed E-state index contributed by atoms with van der Waals surface area (Å²) in [5.74, 6) is -2.52. The fourth-order valence-corrected chi connectivity index (χ4v) is 13.9. The van der Waals surface area contributed by atoms with Crippen molar-refractivity contribution in [3.05, 3.63) is 71.1 Å². The Balaban J connectivity index is 1.33. The number of likely N-dealkylation sites (N-methyl/N-ethyl adjacent to an activating group) is 1. The number of aromatic nitrogens is 1. The number of fused-ring (bicyclic) bond motifs is 6. The molecule has 3 saturated heterocycles. The Kier molecular flexibility index (Phi) is 9.60. The summed E-state index contributed by atoms with van der Waals surface area (Å²) < 4.78 is 24.1. The number of esters is 3. The third kappa shape index (κ3) is 5.30. The van der Waals surface area contributed by atoms with Gasteiger partial charge in [0.25, 0.3) is 0 Å². The molecule has 59 heavy (non-hydrogen) atoms. The first kappa shape index (κ1) is 40.4. The van der Waals surface area contributed by atoms with Crippen LogP contribution in [0.4, 0.5) is 0 Å². The zero-order valence-corrected chi connectivity index (χ0v) is 35.5. The number of nitrogens with zero attached hydrogens (tertiary/aromatic N) is 3. The molecule has 13 nitrogen and oxygen atoms in total. The average molecular weight is 813 g/mol. The number of rotatable bonds is 7. The number of hydrogen-bond donors (Lipinski definition) is 3. The molecular weight excluding hydrogens is 753 g/mol. The molecule has 2 aromatic rings. The van der Waals surface area contributed by atoms with Crippen molar-refractivity contribution >= 4 is 28.8 Å². The van der Waals surface area contributed by atoms with E-state index in [2.05, 4.69) is 51.2 Å². The summed E-state index contributed by atoms with van der Waals surface area (Å²) in [5, 5.41) is 26.4. The summed E-state index contributed by atoms with van der Waals surface area (Å²) in [6, 6.07) is 7.01. The van der Waals surface area contributed by atoms with E-state index in [1.807, 2.05) is 37.9 Å². The minimum absolute atomic E-state index is 0.0645. The number of aliphatic hydroxyl groups is 2. The van der Waals surface area contributed by atoms with Gasteiger partial charge in [0.1, 0.15) is 5.41 Å². The monoisotopic (exact) mass is 812 g/mol. The molecule has 1 aromatic heterocycles. The molecule has 5 aliphatic heterocycles. The number of likely N-dealkylation sites (tertiary alicyclic amines) is 1. The van der Waals surface area contributed by atoms with E-state index in [-0.39, 0.29) is 17.9 Å². The van der Waals surface area contributed by atoms with E-state index < -0.39 is 63.6 Å². The highest BCUT2D eigenvalue weighted by Gasteiger charge is 2.81. The number of H-pyrrole nitrogens is 1. The minimum atomic E-state index is -2.28. The molecule has 2 bridgehead atoms. The normalized spacial score (nSPS) is 41.0. The van der Waals surface area contributed by atoms with E-state index in [4.69, 9.17) is 18.9 Å². The molecule has 7 aliphatic rings. The Morgan fingerprint density at radius 2 is 1.73 bits per heavy atom. The van der Waals surface area contributed by atoms with Crippen molar-refractivity contribution in [1.82, 2.24) is 19.7 Å². The Morgan fingerprint density at radius 1 is 0.966 bits per heavy atom. The molecular formula is C46H60N4O9. The Morgan fingerprint density at radius 3 is 2.42 bits per heavy atom. The van der Waals surface area contributed by atoms with E-state index >= 15 is 4.79 Å². The number of nitrogens with one attached hydrogen (secondary N) is 1. The van der Waals surface area contributed by atoms with E-state index in [1.165, 1.54) is 21.1 Å². The highest BCUT2D eigenvalue weighted by molar-refractivity contribution is 5.91. The van der Waals surface area contributed by atoms with Crippen LogP contribution in [-0.2, 0) is 45.2 Å². The maximum Gasteiger partial charge on any atom is 0.344 e. The van der Waals surface area contributed by atoms with Crippen molar-refractivity contribution in [3.8, 4) is 0 Å². The minimum Gasteiger partial charge on any atom is -0.468 e. The van der Waals surface area contributed by atoms with Crippen LogP contribution in [0.3, 0.4) is 0 Å². The van der Waals surface area contributed by atoms with Crippen LogP contribution in [0.25, 0.3) is 10.9 Å². The summed E-state index contributed by atoms with van der Waals surface area (Å²) in [7, 11) is 6.26. The molecule has 4 fully saturated rings. The zero-order valence-electron chi connectivity index (χ0n) is 35.5. The first-order valence-corrected chi connectivity index (χ1v) is 21.5. The summed E-state index contributed by atoms with van der Waals surface area (Å²) in [6.45, 7) is 8.73. The standard InChI is InChI=1S/C46H60N4O9/c1-8-42(54)23-28-24-45(40(52)57-6,36-30(15-19-49(25-28)26-42)29-13-10-11-14-33(29)47-36)32-21-31-34(22-35(32)56-5)48(4)38-44(31)17-20-50-18-12-16-43(9-2,37(44)50)39(59-27(3)51)46(38,55)41(53)58-7/h10-14,16,21-22,28,32,35,37-39,47,54-55H,8-9,15,17-20,23-26H2,1-7H3/t28-,32?,35?,37-,38?,39+,42-,43+,44+,45-,46-/m0/s1. The molecule has 13 heteroatoms. The lowest BCUT2D eigenvalue weighted by atomic mass is 9.47. The van der Waals surface area contributed by atoms with Crippen molar-refractivity contribution in [2.24, 2.45) is 22.7 Å². The van der Waals surface area contributed by atoms with Crippen LogP contribution in [0.2, 0.25) is 0 Å². The van der Waals surface area contributed by atoms with E-state index in [1.54, 1.807) is 7.11 Å². The van der Waals surface area contributed by atoms with Gasteiger partial charge in [-0.3, -0.25) is 19.4 Å². The van der Waals surface area contributed by atoms with E-state index in [9.17, 15) is 19.8 Å². The third-order valence-corrected chi connectivity index (χ3v) is 16.0. The Hall–Kier alpha value is -4.01. The van der Waals surface area contributed by atoms with Gasteiger partial charge >= 0.3 is 17.9 Å². The van der Waals surface area contributed by atoms with Crippen molar-refractivity contribution in [3.63, 3.8) is 0 Å². The third-order valence-electron chi connectivity index (χ3n) is 16.0. The predicted molar refractivity (Wildman–Crippen MR) is 219 cm³/mol.